The molecule has 0 amide bonds. The van der Waals surface area contributed by atoms with Crippen LogP contribution in [0.2, 0.25) is 5.02 Å². The summed E-state index contributed by atoms with van der Waals surface area (Å²) in [5.41, 5.74) is 6.52. The van der Waals surface area contributed by atoms with Crippen molar-refractivity contribution in [2.24, 2.45) is 5.41 Å². The quantitative estimate of drug-likeness (QED) is 0.200. The number of ether oxygens (including phenoxy) is 3. The van der Waals surface area contributed by atoms with Crippen LogP contribution in [0.25, 0.3) is 16.6 Å². The number of methoxy groups -OCH3 is 2. The number of esters is 1. The van der Waals surface area contributed by atoms with E-state index in [1.165, 1.54) is 23.8 Å². The number of halogens is 1. The van der Waals surface area contributed by atoms with E-state index in [4.69, 9.17) is 25.8 Å². The maximum absolute atomic E-state index is 12.6. The van der Waals surface area contributed by atoms with Gasteiger partial charge in [-0.05, 0) is 72.2 Å². The molecule has 44 heavy (non-hydrogen) atoms. The topological polar surface area (TPSA) is 79.9 Å². The van der Waals surface area contributed by atoms with Crippen molar-refractivity contribution in [1.82, 2.24) is 14.9 Å². The highest BCUT2D eigenvalue weighted by atomic mass is 35.5. The van der Waals surface area contributed by atoms with Crippen molar-refractivity contribution < 1.29 is 19.0 Å². The lowest BCUT2D eigenvalue weighted by Crippen LogP contribution is -2.47. The molecule has 1 atom stereocenters. The molecule has 0 radical (unpaired) electrons. The number of allylic oxidation sites excluding steroid dienone is 1. The van der Waals surface area contributed by atoms with Gasteiger partial charge in [0, 0.05) is 68.2 Å². The van der Waals surface area contributed by atoms with Gasteiger partial charge in [-0.3, -0.25) is 4.90 Å². The predicted molar refractivity (Wildman–Crippen MR) is 175 cm³/mol. The summed E-state index contributed by atoms with van der Waals surface area (Å²) in [6.45, 7) is 7.65. The van der Waals surface area contributed by atoms with Gasteiger partial charge in [0.2, 0.25) is 0 Å². The number of hydrogen-bond donors (Lipinski definition) is 1. The molecule has 4 aromatic rings. The van der Waals surface area contributed by atoms with Gasteiger partial charge in [-0.15, -0.1) is 0 Å². The Hall–Kier alpha value is -3.85. The minimum atomic E-state index is -0.440. The molecule has 1 saturated heterocycles. The van der Waals surface area contributed by atoms with Gasteiger partial charge in [-0.1, -0.05) is 36.2 Å². The van der Waals surface area contributed by atoms with E-state index < -0.39 is 5.97 Å². The van der Waals surface area contributed by atoms with Gasteiger partial charge in [-0.2, -0.15) is 0 Å². The Balaban J connectivity index is 1.18. The number of hydrogen-bond acceptors (Lipinski definition) is 7. The normalized spacial score (nSPS) is 19.4. The summed E-state index contributed by atoms with van der Waals surface area (Å²) in [7, 11) is 3.18. The number of nitrogens with one attached hydrogen (secondary N) is 1. The van der Waals surface area contributed by atoms with Crippen LogP contribution in [-0.2, 0) is 9.47 Å². The summed E-state index contributed by atoms with van der Waals surface area (Å²) in [4.78, 5) is 25.0. The third-order valence-corrected chi connectivity index (χ3v) is 9.11. The number of carbonyl (C=O) groups excluding carboxylic acids is 1. The number of H-pyrrole nitrogens is 1. The van der Waals surface area contributed by atoms with Crippen molar-refractivity contribution in [3.63, 3.8) is 0 Å². The third-order valence-electron chi connectivity index (χ3n) is 8.86. The predicted octanol–water partition coefficient (Wildman–Crippen LogP) is 7.21. The van der Waals surface area contributed by atoms with E-state index >= 15 is 0 Å². The lowest BCUT2D eigenvalue weighted by atomic mass is 9.72. The summed E-state index contributed by atoms with van der Waals surface area (Å²) in [6.07, 6.45) is 6.66. The van der Waals surface area contributed by atoms with Crippen LogP contribution in [0.15, 0.2) is 72.6 Å². The van der Waals surface area contributed by atoms with Gasteiger partial charge >= 0.3 is 5.97 Å². The number of nitrogens with zero attached hydrogens (tertiary/aromatic N) is 3. The second-order valence-corrected chi connectivity index (χ2v) is 12.6. The molecule has 3 heterocycles. The van der Waals surface area contributed by atoms with Crippen molar-refractivity contribution in [3.8, 4) is 11.5 Å². The fourth-order valence-electron chi connectivity index (χ4n) is 6.54. The number of anilines is 1. The Kier molecular flexibility index (Phi) is 8.93. The zero-order valence-electron chi connectivity index (χ0n) is 25.6. The molecular weight excluding hydrogens is 576 g/mol. The maximum atomic E-state index is 12.6. The van der Waals surface area contributed by atoms with Crippen LogP contribution >= 0.6 is 11.6 Å². The highest BCUT2D eigenvalue weighted by molar-refractivity contribution is 6.30. The maximum Gasteiger partial charge on any atom is 0.341 e. The molecule has 1 N–H and O–H groups in total. The van der Waals surface area contributed by atoms with Crippen LogP contribution in [-0.4, -0.2) is 74.4 Å². The number of benzene rings is 2. The van der Waals surface area contributed by atoms with Gasteiger partial charge in [0.25, 0.3) is 0 Å². The van der Waals surface area contributed by atoms with E-state index in [1.54, 1.807) is 19.4 Å². The van der Waals surface area contributed by atoms with Crippen LogP contribution in [0.3, 0.4) is 0 Å². The van der Waals surface area contributed by atoms with Gasteiger partial charge in [0.1, 0.15) is 22.7 Å². The fourth-order valence-corrected chi connectivity index (χ4v) is 6.67. The highest BCUT2D eigenvalue weighted by Gasteiger charge is 2.33. The van der Waals surface area contributed by atoms with E-state index in [0.717, 1.165) is 80.3 Å². The number of piperazine rings is 1. The van der Waals surface area contributed by atoms with Gasteiger partial charge in [-0.25, -0.2) is 9.78 Å². The number of aromatic nitrogens is 2. The number of fused-ring (bicyclic) bond motifs is 1. The Morgan fingerprint density at radius 1 is 1.05 bits per heavy atom. The van der Waals surface area contributed by atoms with E-state index in [9.17, 15) is 4.79 Å². The number of pyridine rings is 1. The average Bonchev–Trinajstić information content (AvgIpc) is 3.50. The lowest BCUT2D eigenvalue weighted by Gasteiger charge is -2.40. The van der Waals surface area contributed by atoms with E-state index in [0.29, 0.717) is 17.1 Å². The summed E-state index contributed by atoms with van der Waals surface area (Å²) < 4.78 is 16.9. The molecule has 1 unspecified atom stereocenters. The van der Waals surface area contributed by atoms with Crippen LogP contribution in [0.5, 0.6) is 11.5 Å². The van der Waals surface area contributed by atoms with Crippen molar-refractivity contribution in [1.29, 1.82) is 0 Å². The van der Waals surface area contributed by atoms with E-state index in [-0.39, 0.29) is 5.41 Å². The third kappa shape index (κ3) is 6.62. The Morgan fingerprint density at radius 3 is 2.59 bits per heavy atom. The molecule has 2 aliphatic rings. The molecular formula is C35H39ClN4O4. The Morgan fingerprint density at radius 2 is 1.84 bits per heavy atom. The first-order valence-corrected chi connectivity index (χ1v) is 15.5. The summed E-state index contributed by atoms with van der Waals surface area (Å²) >= 11 is 6.21. The molecule has 6 rings (SSSR count). The Labute approximate surface area is 263 Å². The van der Waals surface area contributed by atoms with Gasteiger partial charge in [0.05, 0.1) is 19.9 Å². The SMILES string of the molecule is COCC1(C)CCC(c2ccc(Cl)cc2)=C(CN2CCN(c3ccc(C(=O)OC)c(Oc4cnc5[nH]ccc5c4)c3)CC2)C1. The molecule has 8 nitrogen and oxygen atoms in total. The Bertz CT molecular complexity index is 1660. The summed E-state index contributed by atoms with van der Waals surface area (Å²) in [6, 6.07) is 17.8. The summed E-state index contributed by atoms with van der Waals surface area (Å²) in [5, 5.41) is 1.70. The molecule has 0 saturated carbocycles. The lowest BCUT2D eigenvalue weighted by molar-refractivity contribution is 0.0598. The second-order valence-electron chi connectivity index (χ2n) is 12.1. The zero-order chi connectivity index (χ0) is 30.7. The van der Waals surface area contributed by atoms with Crippen molar-refractivity contribution >= 4 is 39.9 Å². The van der Waals surface area contributed by atoms with Crippen molar-refractivity contribution in [2.45, 2.75) is 26.2 Å². The molecule has 1 aliphatic carbocycles. The van der Waals surface area contributed by atoms with Crippen LogP contribution in [0.1, 0.15) is 42.1 Å². The summed E-state index contributed by atoms with van der Waals surface area (Å²) in [5.74, 6) is 0.567. The number of carbonyl (C=O) groups is 1. The molecule has 230 valence electrons. The zero-order valence-corrected chi connectivity index (χ0v) is 26.3. The number of aromatic amines is 1. The first-order chi connectivity index (χ1) is 21.3. The molecule has 1 aliphatic heterocycles. The molecule has 9 heteroatoms. The molecule has 0 spiro atoms. The van der Waals surface area contributed by atoms with E-state index in [1.807, 2.05) is 42.6 Å². The fraction of sp³-hybridized carbons (Fsp3) is 0.371. The highest BCUT2D eigenvalue weighted by Crippen LogP contribution is 2.43. The monoisotopic (exact) mass is 614 g/mol. The second kappa shape index (κ2) is 13.0. The average molecular weight is 615 g/mol. The first-order valence-electron chi connectivity index (χ1n) is 15.1. The minimum Gasteiger partial charge on any atom is -0.465 e. The molecule has 0 bridgehead atoms. The van der Waals surface area contributed by atoms with Crippen LogP contribution < -0.4 is 9.64 Å². The van der Waals surface area contributed by atoms with Gasteiger partial charge in [0.15, 0.2) is 0 Å². The smallest absolute Gasteiger partial charge is 0.341 e. The van der Waals surface area contributed by atoms with Crippen LogP contribution in [0.4, 0.5) is 5.69 Å². The first kappa shape index (κ1) is 30.2. The minimum absolute atomic E-state index is 0.140. The molecule has 2 aromatic heterocycles. The standard InChI is InChI=1S/C35H39ClN4O4/c1-35(23-42-2)12-10-30(24-4-6-27(36)7-5-24)26(20-35)22-39-14-16-40(17-15-39)28-8-9-31(34(41)43-3)32(19-28)44-29-18-25-11-13-37-33(25)38-21-29/h4-9,11,13,18-19,21H,10,12,14-17,20,22-23H2,1-3H3,(H,37,38). The van der Waals surface area contributed by atoms with Crippen molar-refractivity contribution in [2.75, 3.05) is 58.5 Å². The molecule has 1 fully saturated rings. The van der Waals surface area contributed by atoms with E-state index in [2.05, 4.69) is 38.8 Å². The van der Waals surface area contributed by atoms with Gasteiger partial charge < -0.3 is 24.1 Å². The number of rotatable bonds is 9. The largest absolute Gasteiger partial charge is 0.465 e. The van der Waals surface area contributed by atoms with Crippen LogP contribution in [0, 0.1) is 5.41 Å². The van der Waals surface area contributed by atoms with Crippen molar-refractivity contribution in [3.05, 3.63) is 88.7 Å². The molecule has 2 aromatic carbocycles.